The Balaban J connectivity index is 1.23. The van der Waals surface area contributed by atoms with Gasteiger partial charge in [-0.05, 0) is 42.8 Å². The van der Waals surface area contributed by atoms with Gasteiger partial charge in [0.15, 0.2) is 0 Å². The number of anilines is 1. The smallest absolute Gasteiger partial charge is 0.261 e. The Bertz CT molecular complexity index is 1040. The molecule has 33 heavy (non-hydrogen) atoms. The molecular weight excluding hydrogens is 420 g/mol. The number of piperazine rings is 1. The van der Waals surface area contributed by atoms with Crippen molar-refractivity contribution in [2.24, 2.45) is 0 Å². The summed E-state index contributed by atoms with van der Waals surface area (Å²) in [6.45, 7) is 2.15. The first kappa shape index (κ1) is 22.5. The van der Waals surface area contributed by atoms with Crippen LogP contribution >= 0.6 is 0 Å². The van der Waals surface area contributed by atoms with Gasteiger partial charge < -0.3 is 14.7 Å². The molecule has 2 aliphatic heterocycles. The zero-order valence-corrected chi connectivity index (χ0v) is 19.0. The number of imide groups is 1. The van der Waals surface area contributed by atoms with Crippen LogP contribution in [0.25, 0.3) is 0 Å². The zero-order valence-electron chi connectivity index (χ0n) is 19.0. The average Bonchev–Trinajstić information content (AvgIpc) is 3.08. The Kier molecular flexibility index (Phi) is 6.44. The number of fused-ring (bicyclic) bond motifs is 1. The van der Waals surface area contributed by atoms with Crippen molar-refractivity contribution in [1.82, 2.24) is 14.7 Å². The van der Waals surface area contributed by atoms with Gasteiger partial charge in [-0.25, -0.2) is 0 Å². The van der Waals surface area contributed by atoms with Gasteiger partial charge in [-0.1, -0.05) is 12.1 Å². The monoisotopic (exact) mass is 448 g/mol. The lowest BCUT2D eigenvalue weighted by Gasteiger charge is -2.35. The van der Waals surface area contributed by atoms with Crippen molar-refractivity contribution < 1.29 is 19.2 Å². The Morgan fingerprint density at radius 3 is 1.91 bits per heavy atom. The fraction of sp³-hybridized carbons (Fsp3) is 0.360. The second-order valence-electron chi connectivity index (χ2n) is 8.53. The Hall–Kier alpha value is -3.68. The second-order valence-corrected chi connectivity index (χ2v) is 8.53. The van der Waals surface area contributed by atoms with Crippen LogP contribution in [0.2, 0.25) is 0 Å². The lowest BCUT2D eigenvalue weighted by molar-refractivity contribution is -0.132. The van der Waals surface area contributed by atoms with Gasteiger partial charge in [0.05, 0.1) is 11.1 Å². The molecule has 0 N–H and O–H groups in total. The lowest BCUT2D eigenvalue weighted by Crippen LogP contribution is -2.50. The third-order valence-electron chi connectivity index (χ3n) is 6.20. The van der Waals surface area contributed by atoms with E-state index in [9.17, 15) is 19.2 Å². The highest BCUT2D eigenvalue weighted by Gasteiger charge is 2.34. The van der Waals surface area contributed by atoms with Gasteiger partial charge in [0.1, 0.15) is 0 Å². The SMILES string of the molecule is CN(C)c1ccc(C(=O)N2CCN(C(=O)CCCN3C(=O)c4ccccc4C3=O)CC2)cc1. The normalized spacial score (nSPS) is 15.6. The molecule has 2 aliphatic rings. The van der Waals surface area contributed by atoms with E-state index in [1.54, 1.807) is 34.1 Å². The van der Waals surface area contributed by atoms with E-state index in [0.29, 0.717) is 49.3 Å². The van der Waals surface area contributed by atoms with Gasteiger partial charge in [0, 0.05) is 64.5 Å². The predicted molar refractivity (Wildman–Crippen MR) is 124 cm³/mol. The van der Waals surface area contributed by atoms with Crippen LogP contribution in [0.4, 0.5) is 5.69 Å². The van der Waals surface area contributed by atoms with Crippen LogP contribution in [0, 0.1) is 0 Å². The Morgan fingerprint density at radius 1 is 0.818 bits per heavy atom. The molecule has 8 nitrogen and oxygen atoms in total. The molecule has 0 unspecified atom stereocenters. The van der Waals surface area contributed by atoms with E-state index in [1.807, 2.05) is 43.3 Å². The lowest BCUT2D eigenvalue weighted by atomic mass is 10.1. The third-order valence-corrected chi connectivity index (χ3v) is 6.20. The maximum absolute atomic E-state index is 12.8. The van der Waals surface area contributed by atoms with Crippen LogP contribution < -0.4 is 4.90 Å². The topological polar surface area (TPSA) is 81.2 Å². The summed E-state index contributed by atoms with van der Waals surface area (Å²) in [5.74, 6) is -0.644. The predicted octanol–water partition coefficient (Wildman–Crippen LogP) is 2.11. The number of benzene rings is 2. The van der Waals surface area contributed by atoms with Crippen molar-refractivity contribution in [3.8, 4) is 0 Å². The van der Waals surface area contributed by atoms with Crippen molar-refractivity contribution in [1.29, 1.82) is 0 Å². The van der Waals surface area contributed by atoms with E-state index in [2.05, 4.69) is 0 Å². The summed E-state index contributed by atoms with van der Waals surface area (Å²) in [4.78, 5) is 57.0. The number of carbonyl (C=O) groups is 4. The molecule has 172 valence electrons. The average molecular weight is 449 g/mol. The van der Waals surface area contributed by atoms with E-state index in [0.717, 1.165) is 5.69 Å². The van der Waals surface area contributed by atoms with Gasteiger partial charge in [0.2, 0.25) is 5.91 Å². The molecular formula is C25H28N4O4. The van der Waals surface area contributed by atoms with Gasteiger partial charge in [-0.2, -0.15) is 0 Å². The van der Waals surface area contributed by atoms with Crippen LogP contribution in [0.5, 0.6) is 0 Å². The van der Waals surface area contributed by atoms with Crippen LogP contribution in [-0.2, 0) is 4.79 Å². The largest absolute Gasteiger partial charge is 0.378 e. The maximum Gasteiger partial charge on any atom is 0.261 e. The first-order valence-corrected chi connectivity index (χ1v) is 11.2. The van der Waals surface area contributed by atoms with Crippen LogP contribution in [0.1, 0.15) is 43.9 Å². The summed E-state index contributed by atoms with van der Waals surface area (Å²) in [6, 6.07) is 14.3. The van der Waals surface area contributed by atoms with Crippen molar-refractivity contribution in [2.45, 2.75) is 12.8 Å². The number of amides is 4. The van der Waals surface area contributed by atoms with Gasteiger partial charge in [0.25, 0.3) is 17.7 Å². The number of nitrogens with zero attached hydrogens (tertiary/aromatic N) is 4. The zero-order chi connectivity index (χ0) is 23.5. The summed E-state index contributed by atoms with van der Waals surface area (Å²) < 4.78 is 0. The van der Waals surface area contributed by atoms with Crippen molar-refractivity contribution in [2.75, 3.05) is 51.7 Å². The molecule has 2 aromatic rings. The molecule has 2 heterocycles. The summed E-state index contributed by atoms with van der Waals surface area (Å²) in [5, 5.41) is 0. The molecule has 4 amide bonds. The summed E-state index contributed by atoms with van der Waals surface area (Å²) >= 11 is 0. The molecule has 1 fully saturated rings. The van der Waals surface area contributed by atoms with Crippen LogP contribution in [-0.4, -0.2) is 85.1 Å². The molecule has 8 heteroatoms. The van der Waals surface area contributed by atoms with Gasteiger partial charge in [-0.15, -0.1) is 0 Å². The summed E-state index contributed by atoms with van der Waals surface area (Å²) in [6.07, 6.45) is 0.676. The Labute approximate surface area is 193 Å². The molecule has 0 atom stereocenters. The highest BCUT2D eigenvalue weighted by Crippen LogP contribution is 2.23. The van der Waals surface area contributed by atoms with Crippen LogP contribution in [0.15, 0.2) is 48.5 Å². The quantitative estimate of drug-likeness (QED) is 0.633. The van der Waals surface area contributed by atoms with E-state index in [-0.39, 0.29) is 36.6 Å². The summed E-state index contributed by atoms with van der Waals surface area (Å²) in [7, 11) is 3.90. The van der Waals surface area contributed by atoms with E-state index in [1.165, 1.54) is 4.90 Å². The number of hydrogen-bond acceptors (Lipinski definition) is 5. The third kappa shape index (κ3) is 4.60. The maximum atomic E-state index is 12.8. The highest BCUT2D eigenvalue weighted by molar-refractivity contribution is 6.21. The molecule has 4 rings (SSSR count). The van der Waals surface area contributed by atoms with Gasteiger partial charge >= 0.3 is 0 Å². The van der Waals surface area contributed by atoms with Crippen molar-refractivity contribution in [3.63, 3.8) is 0 Å². The van der Waals surface area contributed by atoms with Gasteiger partial charge in [-0.3, -0.25) is 24.1 Å². The van der Waals surface area contributed by atoms with Crippen molar-refractivity contribution in [3.05, 3.63) is 65.2 Å². The molecule has 0 spiro atoms. The summed E-state index contributed by atoms with van der Waals surface area (Å²) in [5.41, 5.74) is 2.52. The van der Waals surface area contributed by atoms with E-state index >= 15 is 0 Å². The molecule has 0 saturated carbocycles. The fourth-order valence-electron chi connectivity index (χ4n) is 4.23. The van der Waals surface area contributed by atoms with E-state index < -0.39 is 0 Å². The van der Waals surface area contributed by atoms with Crippen LogP contribution in [0.3, 0.4) is 0 Å². The minimum Gasteiger partial charge on any atom is -0.378 e. The molecule has 2 aromatic carbocycles. The standard InChI is InChI=1S/C25H28N4O4/c1-26(2)19-11-9-18(10-12-19)23(31)28-16-14-27(15-17-28)22(30)8-5-13-29-24(32)20-6-3-4-7-21(20)25(29)33/h3-4,6-7,9-12H,5,8,13-17H2,1-2H3. The highest BCUT2D eigenvalue weighted by atomic mass is 16.2. The first-order chi connectivity index (χ1) is 15.9. The molecule has 1 saturated heterocycles. The minimum atomic E-state index is -0.297. The minimum absolute atomic E-state index is 0.0194. The van der Waals surface area contributed by atoms with Crippen molar-refractivity contribution >= 4 is 29.3 Å². The molecule has 0 radical (unpaired) electrons. The Morgan fingerprint density at radius 2 is 1.36 bits per heavy atom. The van der Waals surface area contributed by atoms with E-state index in [4.69, 9.17) is 0 Å². The molecule has 0 aliphatic carbocycles. The second kappa shape index (κ2) is 9.44. The molecule has 0 aromatic heterocycles. The fourth-order valence-corrected chi connectivity index (χ4v) is 4.23. The molecule has 0 bridgehead atoms. The number of hydrogen-bond donors (Lipinski definition) is 0. The number of rotatable bonds is 6. The number of carbonyl (C=O) groups excluding carboxylic acids is 4. The first-order valence-electron chi connectivity index (χ1n) is 11.2.